The lowest BCUT2D eigenvalue weighted by Crippen LogP contribution is -2.51. The van der Waals surface area contributed by atoms with Crippen molar-refractivity contribution in [2.24, 2.45) is 0 Å². The average Bonchev–Trinajstić information content (AvgIpc) is 1.59. The first-order valence-electron chi connectivity index (χ1n) is 4.24. The number of nitrogens with zero attached hydrogens (tertiary/aromatic N) is 1. The van der Waals surface area contributed by atoms with Gasteiger partial charge >= 0.3 is 0 Å². The Balaban J connectivity index is 3.98. The van der Waals surface area contributed by atoms with Gasteiger partial charge in [-0.15, -0.1) is 0 Å². The van der Waals surface area contributed by atoms with Crippen molar-refractivity contribution in [1.29, 1.82) is 0 Å². The molecule has 1 unspecified atom stereocenters. The van der Waals surface area contributed by atoms with E-state index < -0.39 is 17.9 Å². The zero-order valence-electron chi connectivity index (χ0n) is 8.18. The Morgan fingerprint density at radius 2 is 1.20 bits per heavy atom. The van der Waals surface area contributed by atoms with Crippen molar-refractivity contribution >= 4 is 36.2 Å². The van der Waals surface area contributed by atoms with E-state index in [1.54, 1.807) is 0 Å². The highest BCUT2D eigenvalue weighted by atomic mass is 29.2. The average molecular weight is 208 g/mol. The fourth-order valence-corrected chi connectivity index (χ4v) is 26.8. The minimum atomic E-state index is -0.410. The maximum Gasteiger partial charge on any atom is 0.0911 e. The molecule has 5 heteroatoms. The van der Waals surface area contributed by atoms with Crippen LogP contribution in [0.25, 0.3) is 0 Å². The largest absolute Gasteiger partial charge is 0.378 e. The van der Waals surface area contributed by atoms with E-state index >= 15 is 0 Å². The molecule has 0 aromatic rings. The van der Waals surface area contributed by atoms with Crippen molar-refractivity contribution in [1.82, 2.24) is 3.90 Å². The molecule has 0 rings (SSSR count). The van der Waals surface area contributed by atoms with Gasteiger partial charge in [-0.25, -0.2) is 0 Å². The Kier molecular flexibility index (Phi) is 5.04. The molecule has 0 aromatic heterocycles. The molecule has 0 aliphatic heterocycles. The van der Waals surface area contributed by atoms with Gasteiger partial charge in [-0.05, 0) is 0 Å². The van der Waals surface area contributed by atoms with Crippen molar-refractivity contribution < 1.29 is 0 Å². The molecule has 0 spiro atoms. The molecule has 0 saturated heterocycles. The first kappa shape index (κ1) is 10.8. The Morgan fingerprint density at radius 3 is 1.20 bits per heavy atom. The van der Waals surface area contributed by atoms with Crippen molar-refractivity contribution in [3.63, 3.8) is 0 Å². The number of hydrogen-bond acceptors (Lipinski definition) is 1. The van der Waals surface area contributed by atoms with Crippen LogP contribution in [0.5, 0.6) is 0 Å². The summed E-state index contributed by atoms with van der Waals surface area (Å²) in [5.74, 6) is 0. The van der Waals surface area contributed by atoms with Crippen molar-refractivity contribution in [2.45, 2.75) is 32.7 Å². The maximum absolute atomic E-state index is 2.98. The topological polar surface area (TPSA) is 3.24 Å². The van der Waals surface area contributed by atoms with Crippen molar-refractivity contribution in [3.05, 3.63) is 0 Å². The van der Waals surface area contributed by atoms with E-state index in [9.17, 15) is 0 Å². The SMILES string of the molecule is C[SiH](C)N([SiH](C)C)[SiH](C)[SiH3]. The molecule has 0 bridgehead atoms. The van der Waals surface area contributed by atoms with E-state index in [1.807, 2.05) is 0 Å². The molecule has 0 amide bonds. The van der Waals surface area contributed by atoms with Crippen LogP contribution in [0.3, 0.4) is 0 Å². The highest BCUT2D eigenvalue weighted by Gasteiger charge is 2.17. The molecule has 1 nitrogen and oxygen atoms in total. The van der Waals surface area contributed by atoms with Crippen LogP contribution in [-0.2, 0) is 0 Å². The molecule has 0 aliphatic rings. The second-order valence-electron chi connectivity index (χ2n) is 3.73. The Hall–Kier alpha value is 0.828. The lowest BCUT2D eigenvalue weighted by molar-refractivity contribution is 1.02. The predicted molar refractivity (Wildman–Crippen MR) is 62.5 cm³/mol. The van der Waals surface area contributed by atoms with Gasteiger partial charge in [0, 0.05) is 9.76 Å². The highest BCUT2D eigenvalue weighted by molar-refractivity contribution is 7.08. The standard InChI is InChI=1S/C5H21NSi4/c1-8(2)6(9(3)4)10(5)7/h8-10H,1-5,7H3. The smallest absolute Gasteiger partial charge is 0.0911 e. The minimum Gasteiger partial charge on any atom is -0.378 e. The second kappa shape index (κ2) is 4.65. The van der Waals surface area contributed by atoms with Crippen LogP contribution in [-0.4, -0.2) is 40.0 Å². The summed E-state index contributed by atoms with van der Waals surface area (Å²) >= 11 is 0. The van der Waals surface area contributed by atoms with Crippen LogP contribution in [0.4, 0.5) is 0 Å². The summed E-state index contributed by atoms with van der Waals surface area (Å²) in [6.45, 7) is 12.4. The van der Waals surface area contributed by atoms with Crippen molar-refractivity contribution in [2.75, 3.05) is 0 Å². The van der Waals surface area contributed by atoms with E-state index in [0.717, 1.165) is 0 Å². The molecule has 0 radical (unpaired) electrons. The van der Waals surface area contributed by atoms with Crippen LogP contribution in [0.2, 0.25) is 32.7 Å². The molecule has 0 N–H and O–H groups in total. The molecule has 0 aliphatic carbocycles. The van der Waals surface area contributed by atoms with Crippen LogP contribution < -0.4 is 0 Å². The molecule has 0 heterocycles. The van der Waals surface area contributed by atoms with Crippen LogP contribution >= 0.6 is 0 Å². The van der Waals surface area contributed by atoms with Gasteiger partial charge in [0.25, 0.3) is 0 Å². The summed E-state index contributed by atoms with van der Waals surface area (Å²) in [5.41, 5.74) is 0. The zero-order valence-corrected chi connectivity index (χ0v) is 13.6. The quantitative estimate of drug-likeness (QED) is 0.563. The van der Waals surface area contributed by atoms with E-state index in [4.69, 9.17) is 0 Å². The lowest BCUT2D eigenvalue weighted by atomic mass is 11.9. The summed E-state index contributed by atoms with van der Waals surface area (Å²) in [6, 6.07) is 0. The fraction of sp³-hybridized carbons (Fsp3) is 1.00. The summed E-state index contributed by atoms with van der Waals surface area (Å²) in [6.07, 6.45) is 0. The molecular weight excluding hydrogens is 186 g/mol. The first-order valence-corrected chi connectivity index (χ1v) is 16.2. The molecule has 0 aromatic carbocycles. The van der Waals surface area contributed by atoms with Gasteiger partial charge in [-0.3, -0.25) is 0 Å². The maximum atomic E-state index is 2.98. The van der Waals surface area contributed by atoms with Crippen LogP contribution in [0.15, 0.2) is 0 Å². The van der Waals surface area contributed by atoms with Crippen LogP contribution in [0, 0.1) is 0 Å². The fourth-order valence-electron chi connectivity index (χ4n) is 1.79. The zero-order chi connectivity index (χ0) is 8.31. The highest BCUT2D eigenvalue weighted by Crippen LogP contribution is 2.00. The van der Waals surface area contributed by atoms with Gasteiger partial charge in [0.15, 0.2) is 0 Å². The number of rotatable bonds is 3. The monoisotopic (exact) mass is 207 g/mol. The molecule has 1 atom stereocenters. The van der Waals surface area contributed by atoms with Crippen LogP contribution in [0.1, 0.15) is 0 Å². The Labute approximate surface area is 73.1 Å². The van der Waals surface area contributed by atoms with Gasteiger partial charge in [0.05, 0.1) is 26.4 Å². The van der Waals surface area contributed by atoms with Gasteiger partial charge in [0.1, 0.15) is 0 Å². The van der Waals surface area contributed by atoms with E-state index in [0.29, 0.717) is 0 Å². The normalized spacial score (nSPS) is 15.6. The van der Waals surface area contributed by atoms with E-state index in [2.05, 4.69) is 36.6 Å². The van der Waals surface area contributed by atoms with E-state index in [1.165, 1.54) is 9.76 Å². The first-order chi connectivity index (χ1) is 4.46. The van der Waals surface area contributed by atoms with Gasteiger partial charge < -0.3 is 3.90 Å². The summed E-state index contributed by atoms with van der Waals surface area (Å²) < 4.78 is 2.98. The Morgan fingerprint density at radius 1 is 0.900 bits per heavy atom. The van der Waals surface area contributed by atoms with Gasteiger partial charge in [0.2, 0.25) is 0 Å². The minimum absolute atomic E-state index is 0.306. The molecular formula is C5H21NSi4. The predicted octanol–water partition coefficient (Wildman–Crippen LogP) is -0.529. The third-order valence-corrected chi connectivity index (χ3v) is 21.5. The lowest BCUT2D eigenvalue weighted by Gasteiger charge is -2.33. The second-order valence-corrected chi connectivity index (χ2v) is 18.9. The molecule has 0 fully saturated rings. The summed E-state index contributed by atoms with van der Waals surface area (Å²) in [4.78, 5) is 0. The third-order valence-electron chi connectivity index (χ3n) is 1.79. The number of hydrogen-bond donors (Lipinski definition) is 0. The Bertz CT molecular complexity index is 74.6. The van der Waals surface area contributed by atoms with Gasteiger partial charge in [-0.1, -0.05) is 32.7 Å². The molecule has 10 heavy (non-hydrogen) atoms. The van der Waals surface area contributed by atoms with Gasteiger partial charge in [-0.2, -0.15) is 0 Å². The molecule has 0 saturated carbocycles. The van der Waals surface area contributed by atoms with E-state index in [-0.39, 0.29) is 8.48 Å². The molecule has 62 valence electrons. The summed E-state index contributed by atoms with van der Waals surface area (Å²) in [5, 5.41) is 0. The van der Waals surface area contributed by atoms with Crippen molar-refractivity contribution in [3.8, 4) is 0 Å². The summed E-state index contributed by atoms with van der Waals surface area (Å²) in [7, 11) is 0.357. The third kappa shape index (κ3) is 3.29.